The smallest absolute Gasteiger partial charge is 0.224 e. The van der Waals surface area contributed by atoms with Crippen LogP contribution in [-0.4, -0.2) is 19.0 Å². The van der Waals surface area contributed by atoms with Crippen molar-refractivity contribution in [2.75, 3.05) is 13.1 Å². The lowest BCUT2D eigenvalue weighted by atomic mass is 9.67. The van der Waals surface area contributed by atoms with Crippen LogP contribution in [0.25, 0.3) is 0 Å². The lowest BCUT2D eigenvalue weighted by Gasteiger charge is -2.41. The van der Waals surface area contributed by atoms with Gasteiger partial charge in [0.2, 0.25) is 5.91 Å². The molecule has 3 N–H and O–H groups in total. The van der Waals surface area contributed by atoms with Crippen LogP contribution < -0.4 is 11.1 Å². The molecule has 0 bridgehead atoms. The molecule has 0 aromatic carbocycles. The van der Waals surface area contributed by atoms with Gasteiger partial charge in [-0.1, -0.05) is 34.1 Å². The van der Waals surface area contributed by atoms with Crippen molar-refractivity contribution in [2.45, 2.75) is 59.8 Å². The molecule has 3 heteroatoms. The Morgan fingerprint density at radius 3 is 2.33 bits per heavy atom. The Kier molecular flexibility index (Phi) is 5.20. The van der Waals surface area contributed by atoms with Gasteiger partial charge in [-0.25, -0.2) is 0 Å². The molecule has 1 aliphatic carbocycles. The maximum Gasteiger partial charge on any atom is 0.224 e. The third-order valence-electron chi connectivity index (χ3n) is 4.32. The SMILES string of the molecule is CCC1(CNC(=O)C(CN)CC(C)(C)C)CCC1. The molecule has 106 valence electrons. The van der Waals surface area contributed by atoms with Crippen LogP contribution in [0.2, 0.25) is 0 Å². The number of hydrogen-bond acceptors (Lipinski definition) is 2. The number of nitrogens with two attached hydrogens (primary N) is 1. The predicted molar refractivity (Wildman–Crippen MR) is 76.2 cm³/mol. The summed E-state index contributed by atoms with van der Waals surface area (Å²) in [7, 11) is 0. The fourth-order valence-corrected chi connectivity index (χ4v) is 2.77. The molecule has 0 aliphatic heterocycles. The second-order valence-corrected chi connectivity index (χ2v) is 7.12. The Balaban J connectivity index is 2.42. The number of rotatable bonds is 6. The topological polar surface area (TPSA) is 55.1 Å². The molecule has 1 fully saturated rings. The Labute approximate surface area is 112 Å². The van der Waals surface area contributed by atoms with E-state index in [1.54, 1.807) is 0 Å². The van der Waals surface area contributed by atoms with E-state index in [9.17, 15) is 4.79 Å². The van der Waals surface area contributed by atoms with Gasteiger partial charge in [0.25, 0.3) is 0 Å². The maximum absolute atomic E-state index is 12.2. The molecule has 0 saturated heterocycles. The minimum atomic E-state index is -0.0426. The highest BCUT2D eigenvalue weighted by molar-refractivity contribution is 5.79. The van der Waals surface area contributed by atoms with Crippen LogP contribution in [0.5, 0.6) is 0 Å². The fourth-order valence-electron chi connectivity index (χ4n) is 2.77. The van der Waals surface area contributed by atoms with E-state index in [0.717, 1.165) is 13.0 Å². The van der Waals surface area contributed by atoms with E-state index in [2.05, 4.69) is 33.0 Å². The summed E-state index contributed by atoms with van der Waals surface area (Å²) >= 11 is 0. The summed E-state index contributed by atoms with van der Waals surface area (Å²) in [5.74, 6) is 0.103. The third-order valence-corrected chi connectivity index (χ3v) is 4.32. The molecule has 1 aliphatic rings. The van der Waals surface area contributed by atoms with Gasteiger partial charge in [0.05, 0.1) is 5.92 Å². The summed E-state index contributed by atoms with van der Waals surface area (Å²) in [6, 6.07) is 0. The second-order valence-electron chi connectivity index (χ2n) is 7.12. The largest absolute Gasteiger partial charge is 0.355 e. The Bertz CT molecular complexity index is 271. The van der Waals surface area contributed by atoms with Crippen molar-refractivity contribution in [2.24, 2.45) is 22.5 Å². The van der Waals surface area contributed by atoms with E-state index in [4.69, 9.17) is 5.73 Å². The first-order valence-corrected chi connectivity index (χ1v) is 7.30. The summed E-state index contributed by atoms with van der Waals surface area (Å²) < 4.78 is 0. The highest BCUT2D eigenvalue weighted by atomic mass is 16.1. The van der Waals surface area contributed by atoms with Crippen molar-refractivity contribution in [3.63, 3.8) is 0 Å². The molecule has 1 amide bonds. The summed E-state index contributed by atoms with van der Waals surface area (Å²) in [4.78, 5) is 12.2. The van der Waals surface area contributed by atoms with Gasteiger partial charge in [-0.15, -0.1) is 0 Å². The highest BCUT2D eigenvalue weighted by Gasteiger charge is 2.35. The monoisotopic (exact) mass is 254 g/mol. The van der Waals surface area contributed by atoms with Crippen molar-refractivity contribution in [1.82, 2.24) is 5.32 Å². The Morgan fingerprint density at radius 2 is 2.00 bits per heavy atom. The van der Waals surface area contributed by atoms with Gasteiger partial charge in [0.1, 0.15) is 0 Å². The molecule has 1 saturated carbocycles. The number of hydrogen-bond donors (Lipinski definition) is 2. The highest BCUT2D eigenvalue weighted by Crippen LogP contribution is 2.43. The zero-order chi connectivity index (χ0) is 13.8. The molecule has 0 aromatic rings. The fraction of sp³-hybridized carbons (Fsp3) is 0.933. The second kappa shape index (κ2) is 6.05. The summed E-state index contributed by atoms with van der Waals surface area (Å²) in [6.45, 7) is 9.97. The Hall–Kier alpha value is -0.570. The van der Waals surface area contributed by atoms with Crippen molar-refractivity contribution >= 4 is 5.91 Å². The molecule has 0 heterocycles. The molecule has 0 spiro atoms. The van der Waals surface area contributed by atoms with Crippen LogP contribution in [0.4, 0.5) is 0 Å². The van der Waals surface area contributed by atoms with Gasteiger partial charge in [-0.3, -0.25) is 4.79 Å². The molecule has 0 aromatic heterocycles. The van der Waals surface area contributed by atoms with Crippen LogP contribution in [0.15, 0.2) is 0 Å². The number of carbonyl (C=O) groups excluding carboxylic acids is 1. The van der Waals surface area contributed by atoms with Crippen LogP contribution >= 0.6 is 0 Å². The first kappa shape index (κ1) is 15.5. The Morgan fingerprint density at radius 1 is 1.39 bits per heavy atom. The van der Waals surface area contributed by atoms with Crippen LogP contribution in [-0.2, 0) is 4.79 Å². The molecule has 1 rings (SSSR count). The normalized spacial score (nSPS) is 20.1. The van der Waals surface area contributed by atoms with Gasteiger partial charge in [-0.2, -0.15) is 0 Å². The maximum atomic E-state index is 12.2. The first-order chi connectivity index (χ1) is 8.32. The molecule has 1 atom stereocenters. The molecule has 0 radical (unpaired) electrons. The van der Waals surface area contributed by atoms with E-state index < -0.39 is 0 Å². The van der Waals surface area contributed by atoms with Gasteiger partial charge >= 0.3 is 0 Å². The minimum Gasteiger partial charge on any atom is -0.355 e. The summed E-state index contributed by atoms with van der Waals surface area (Å²) in [5.41, 5.74) is 6.28. The van der Waals surface area contributed by atoms with E-state index in [-0.39, 0.29) is 17.2 Å². The average Bonchev–Trinajstić information content (AvgIpc) is 2.23. The molecule has 1 unspecified atom stereocenters. The van der Waals surface area contributed by atoms with Crippen molar-refractivity contribution in [3.8, 4) is 0 Å². The summed E-state index contributed by atoms with van der Waals surface area (Å²) in [5, 5.41) is 3.13. The van der Waals surface area contributed by atoms with E-state index in [1.165, 1.54) is 25.7 Å². The number of carbonyl (C=O) groups is 1. The zero-order valence-electron chi connectivity index (χ0n) is 12.5. The molecular weight excluding hydrogens is 224 g/mol. The van der Waals surface area contributed by atoms with Gasteiger partial charge in [0.15, 0.2) is 0 Å². The third kappa shape index (κ3) is 4.27. The first-order valence-electron chi connectivity index (χ1n) is 7.30. The van der Waals surface area contributed by atoms with E-state index in [1.807, 2.05) is 0 Å². The van der Waals surface area contributed by atoms with Crippen molar-refractivity contribution in [1.29, 1.82) is 0 Å². The summed E-state index contributed by atoms with van der Waals surface area (Å²) in [6.07, 6.45) is 5.85. The van der Waals surface area contributed by atoms with Crippen LogP contribution in [0, 0.1) is 16.7 Å². The minimum absolute atomic E-state index is 0.0426. The van der Waals surface area contributed by atoms with Crippen LogP contribution in [0.1, 0.15) is 59.8 Å². The lowest BCUT2D eigenvalue weighted by molar-refractivity contribution is -0.126. The van der Waals surface area contributed by atoms with E-state index in [0.29, 0.717) is 12.0 Å². The van der Waals surface area contributed by atoms with Gasteiger partial charge in [0, 0.05) is 13.1 Å². The zero-order valence-corrected chi connectivity index (χ0v) is 12.5. The predicted octanol–water partition coefficient (Wildman–Crippen LogP) is 2.69. The lowest BCUT2D eigenvalue weighted by Crippen LogP contribution is -2.45. The van der Waals surface area contributed by atoms with Gasteiger partial charge in [-0.05, 0) is 36.5 Å². The molecular formula is C15H30N2O. The average molecular weight is 254 g/mol. The quantitative estimate of drug-likeness (QED) is 0.765. The van der Waals surface area contributed by atoms with E-state index >= 15 is 0 Å². The number of amides is 1. The number of nitrogens with one attached hydrogen (secondary N) is 1. The molecule has 18 heavy (non-hydrogen) atoms. The standard InChI is InChI=1S/C15H30N2O/c1-5-15(7-6-8-15)11-17-13(18)12(10-16)9-14(2,3)4/h12H,5-11,16H2,1-4H3,(H,17,18). The van der Waals surface area contributed by atoms with Gasteiger partial charge < -0.3 is 11.1 Å². The van der Waals surface area contributed by atoms with Crippen molar-refractivity contribution in [3.05, 3.63) is 0 Å². The van der Waals surface area contributed by atoms with Crippen molar-refractivity contribution < 1.29 is 4.79 Å². The van der Waals surface area contributed by atoms with Crippen LogP contribution in [0.3, 0.4) is 0 Å². The molecule has 3 nitrogen and oxygen atoms in total.